The highest BCUT2D eigenvalue weighted by atomic mass is 32.2. The molecule has 0 aliphatic heterocycles. The molecule has 3 nitrogen and oxygen atoms in total. The summed E-state index contributed by atoms with van der Waals surface area (Å²) in [6.45, 7) is 13.0. The number of hydrogen-bond acceptors (Lipinski definition) is 3. The number of rotatable bonds is 7. The van der Waals surface area contributed by atoms with E-state index in [1.165, 1.54) is 0 Å². The van der Waals surface area contributed by atoms with E-state index in [-0.39, 0.29) is 17.7 Å². The molecule has 0 bridgehead atoms. The van der Waals surface area contributed by atoms with E-state index in [2.05, 4.69) is 33.9 Å². The number of aryl methyl sites for hydroxylation is 1. The molecule has 0 saturated heterocycles. The van der Waals surface area contributed by atoms with Gasteiger partial charge in [-0.2, -0.15) is 0 Å². The largest absolute Gasteiger partial charge is 0.410 e. The predicted octanol–water partition coefficient (Wildman–Crippen LogP) is 4.39. The van der Waals surface area contributed by atoms with Crippen molar-refractivity contribution in [3.8, 4) is 0 Å². The minimum Gasteiger partial charge on any atom is -0.410 e. The number of aliphatic hydroxyl groups excluding tert-OH is 1. The van der Waals surface area contributed by atoms with E-state index in [1.54, 1.807) is 5.41 Å². The van der Waals surface area contributed by atoms with Crippen molar-refractivity contribution in [3.05, 3.63) is 41.3 Å². The molecule has 0 heterocycles. The van der Waals surface area contributed by atoms with Crippen molar-refractivity contribution in [1.82, 2.24) is 0 Å². The normalized spacial score (nSPS) is 15.8. The van der Waals surface area contributed by atoms with Crippen molar-refractivity contribution < 1.29 is 13.7 Å². The van der Waals surface area contributed by atoms with Crippen LogP contribution >= 0.6 is 0 Å². The average molecular weight is 355 g/mol. The molecule has 0 unspecified atom stereocenters. The summed E-state index contributed by atoms with van der Waals surface area (Å²) in [5.41, 5.74) is 1.15. The molecule has 0 aromatic heterocycles. The minimum atomic E-state index is -1.93. The van der Waals surface area contributed by atoms with Crippen LogP contribution in [-0.4, -0.2) is 30.3 Å². The summed E-state index contributed by atoms with van der Waals surface area (Å²) in [6.07, 6.45) is 2.16. The molecule has 0 radical (unpaired) electrons. The van der Waals surface area contributed by atoms with Crippen LogP contribution in [0, 0.1) is 6.92 Å². The van der Waals surface area contributed by atoms with Gasteiger partial charge in [-0.25, -0.2) is 4.21 Å². The summed E-state index contributed by atoms with van der Waals surface area (Å²) in [5, 5.41) is 11.1. The maximum atomic E-state index is 12.3. The van der Waals surface area contributed by atoms with Gasteiger partial charge in [0.05, 0.1) is 16.9 Å². The van der Waals surface area contributed by atoms with Crippen molar-refractivity contribution in [2.45, 2.75) is 63.2 Å². The van der Waals surface area contributed by atoms with E-state index in [1.807, 2.05) is 37.3 Å². The molecule has 130 valence electrons. The highest BCUT2D eigenvalue weighted by Gasteiger charge is 2.38. The first kappa shape index (κ1) is 20.3. The summed E-state index contributed by atoms with van der Waals surface area (Å²) >= 11 is 0. The summed E-state index contributed by atoms with van der Waals surface area (Å²) in [6, 6.07) is 7.67. The molecule has 1 rings (SSSR count). The fourth-order valence-corrected chi connectivity index (χ4v) is 3.97. The van der Waals surface area contributed by atoms with Crippen LogP contribution in [0.2, 0.25) is 18.1 Å². The second kappa shape index (κ2) is 8.38. The predicted molar refractivity (Wildman–Crippen MR) is 101 cm³/mol. The third-order valence-corrected chi connectivity index (χ3v) is 9.98. The fourth-order valence-electron chi connectivity index (χ4n) is 1.79. The van der Waals surface area contributed by atoms with Gasteiger partial charge in [0.1, 0.15) is 0 Å². The Morgan fingerprint density at radius 3 is 2.30 bits per heavy atom. The van der Waals surface area contributed by atoms with Crippen molar-refractivity contribution in [2.75, 3.05) is 6.61 Å². The van der Waals surface area contributed by atoms with Crippen LogP contribution in [0.1, 0.15) is 32.8 Å². The van der Waals surface area contributed by atoms with Gasteiger partial charge in [-0.05, 0) is 49.7 Å². The summed E-state index contributed by atoms with van der Waals surface area (Å²) in [5.74, 6) is 0. The zero-order chi connectivity index (χ0) is 17.7. The van der Waals surface area contributed by atoms with Crippen molar-refractivity contribution in [3.63, 3.8) is 0 Å². The minimum absolute atomic E-state index is 0.0563. The molecule has 1 N–H and O–H groups in total. The van der Waals surface area contributed by atoms with Crippen LogP contribution in [0.25, 0.3) is 0 Å². The standard InChI is InChI=1S/C18H30O3SSi/c1-15-7-9-17(10-8-15)22(20)14-12-16(11-13-19)21-23(5,6)18(2,3)4/h7-10,12,14,16,19H,11,13H2,1-6H3/b14-12+/t16-,22+/m0/s1. The Morgan fingerprint density at radius 1 is 1.26 bits per heavy atom. The fraction of sp³-hybridized carbons (Fsp3) is 0.556. The first-order valence-electron chi connectivity index (χ1n) is 8.01. The second-order valence-corrected chi connectivity index (χ2v) is 13.5. The van der Waals surface area contributed by atoms with Gasteiger partial charge in [0.25, 0.3) is 0 Å². The molecule has 0 fully saturated rings. The van der Waals surface area contributed by atoms with Crippen LogP contribution in [0.5, 0.6) is 0 Å². The van der Waals surface area contributed by atoms with Crippen molar-refractivity contribution in [2.24, 2.45) is 0 Å². The number of benzene rings is 1. The SMILES string of the molecule is Cc1ccc([S@](=O)/C=C/[C@H](CCO)O[Si](C)(C)C(C)(C)C)cc1. The lowest BCUT2D eigenvalue weighted by molar-refractivity contribution is 0.174. The lowest BCUT2D eigenvalue weighted by Gasteiger charge is -2.38. The molecule has 23 heavy (non-hydrogen) atoms. The lowest BCUT2D eigenvalue weighted by atomic mass is 10.2. The maximum absolute atomic E-state index is 12.3. The monoisotopic (exact) mass is 354 g/mol. The van der Waals surface area contributed by atoms with Gasteiger partial charge in [0.2, 0.25) is 0 Å². The quantitative estimate of drug-likeness (QED) is 0.739. The zero-order valence-electron chi connectivity index (χ0n) is 15.1. The van der Waals surface area contributed by atoms with E-state index in [4.69, 9.17) is 4.43 Å². The van der Waals surface area contributed by atoms with Crippen LogP contribution < -0.4 is 0 Å². The summed E-state index contributed by atoms with van der Waals surface area (Å²) < 4.78 is 18.7. The van der Waals surface area contributed by atoms with Gasteiger partial charge < -0.3 is 9.53 Å². The molecule has 0 amide bonds. The molecule has 0 spiro atoms. The molecular formula is C18H30O3SSi. The maximum Gasteiger partial charge on any atom is 0.192 e. The number of aliphatic hydroxyl groups is 1. The Bertz CT molecular complexity index is 544. The van der Waals surface area contributed by atoms with Crippen molar-refractivity contribution >= 4 is 19.1 Å². The van der Waals surface area contributed by atoms with Gasteiger partial charge in [0.15, 0.2) is 8.32 Å². The summed E-state index contributed by atoms with van der Waals surface area (Å²) in [7, 11) is -3.12. The van der Waals surface area contributed by atoms with Gasteiger partial charge in [0, 0.05) is 16.9 Å². The molecule has 0 aliphatic rings. The van der Waals surface area contributed by atoms with E-state index in [9.17, 15) is 9.32 Å². The average Bonchev–Trinajstić information content (AvgIpc) is 2.44. The Kier molecular flexibility index (Phi) is 7.39. The third kappa shape index (κ3) is 6.34. The van der Waals surface area contributed by atoms with Gasteiger partial charge >= 0.3 is 0 Å². The Labute approximate surface area is 144 Å². The third-order valence-electron chi connectivity index (χ3n) is 4.34. The first-order valence-corrected chi connectivity index (χ1v) is 12.1. The molecule has 5 heteroatoms. The molecule has 1 aromatic carbocycles. The highest BCUT2D eigenvalue weighted by Crippen LogP contribution is 2.37. The summed E-state index contributed by atoms with van der Waals surface area (Å²) in [4.78, 5) is 0.780. The van der Waals surface area contributed by atoms with Crippen molar-refractivity contribution in [1.29, 1.82) is 0 Å². The van der Waals surface area contributed by atoms with E-state index < -0.39 is 19.1 Å². The Balaban J connectivity index is 2.82. The van der Waals surface area contributed by atoms with Gasteiger partial charge in [-0.3, -0.25) is 0 Å². The van der Waals surface area contributed by atoms with Crippen LogP contribution in [-0.2, 0) is 15.2 Å². The molecule has 0 aliphatic carbocycles. The van der Waals surface area contributed by atoms with E-state index in [0.29, 0.717) is 6.42 Å². The lowest BCUT2D eigenvalue weighted by Crippen LogP contribution is -2.43. The molecule has 0 saturated carbocycles. The molecule has 1 aromatic rings. The van der Waals surface area contributed by atoms with Gasteiger partial charge in [-0.15, -0.1) is 0 Å². The Morgan fingerprint density at radius 2 is 1.83 bits per heavy atom. The van der Waals surface area contributed by atoms with Gasteiger partial charge in [-0.1, -0.05) is 38.5 Å². The first-order chi connectivity index (χ1) is 10.6. The zero-order valence-corrected chi connectivity index (χ0v) is 16.9. The van der Waals surface area contributed by atoms with E-state index in [0.717, 1.165) is 10.5 Å². The van der Waals surface area contributed by atoms with Crippen LogP contribution in [0.3, 0.4) is 0 Å². The van der Waals surface area contributed by atoms with Crippen LogP contribution in [0.15, 0.2) is 40.6 Å². The topological polar surface area (TPSA) is 46.5 Å². The second-order valence-electron chi connectivity index (χ2n) is 7.37. The Hall–Kier alpha value is -0.753. The number of hydrogen-bond donors (Lipinski definition) is 1. The molecule has 2 atom stereocenters. The van der Waals surface area contributed by atoms with Crippen LogP contribution in [0.4, 0.5) is 0 Å². The smallest absolute Gasteiger partial charge is 0.192 e. The molecular weight excluding hydrogens is 324 g/mol. The highest BCUT2D eigenvalue weighted by molar-refractivity contribution is 7.88. The van der Waals surface area contributed by atoms with E-state index >= 15 is 0 Å².